The Morgan fingerprint density at radius 3 is 2.07 bits per heavy atom. The summed E-state index contributed by atoms with van der Waals surface area (Å²) in [4.78, 5) is 24.7. The Morgan fingerprint density at radius 2 is 1.47 bits per heavy atom. The average Bonchev–Trinajstić information content (AvgIpc) is 3.42. The molecule has 158 valence electrons. The lowest BCUT2D eigenvalue weighted by Crippen LogP contribution is -2.43. The molecule has 0 spiro atoms. The van der Waals surface area contributed by atoms with E-state index in [1.165, 1.54) is 0 Å². The number of benzene rings is 2. The number of rotatable bonds is 6. The Morgan fingerprint density at radius 1 is 0.900 bits per heavy atom. The summed E-state index contributed by atoms with van der Waals surface area (Å²) in [5, 5.41) is 10.8. The van der Waals surface area contributed by atoms with E-state index in [0.717, 1.165) is 0 Å². The molecule has 0 unspecified atom stereocenters. The van der Waals surface area contributed by atoms with Crippen LogP contribution < -0.4 is 0 Å². The summed E-state index contributed by atoms with van der Waals surface area (Å²) in [6.45, 7) is 0.527. The SMILES string of the molecule is O=C(OC[C@H]1O[C@@H](C2OCCO2)[C@H](OC(=O)c2ccccc2)[C@@H]1O)c1ccccc1. The van der Waals surface area contributed by atoms with Crippen molar-refractivity contribution in [1.29, 1.82) is 0 Å². The Balaban J connectivity index is 1.44. The van der Waals surface area contributed by atoms with Crippen molar-refractivity contribution < 1.29 is 38.4 Å². The number of hydrogen-bond acceptors (Lipinski definition) is 8. The number of carbonyl (C=O) groups is 2. The van der Waals surface area contributed by atoms with Crippen LogP contribution in [0, 0.1) is 0 Å². The van der Waals surface area contributed by atoms with Crippen molar-refractivity contribution in [1.82, 2.24) is 0 Å². The minimum atomic E-state index is -1.22. The van der Waals surface area contributed by atoms with Gasteiger partial charge in [0.15, 0.2) is 12.4 Å². The molecule has 2 aromatic rings. The number of aliphatic hydroxyl groups excluding tert-OH is 1. The highest BCUT2D eigenvalue weighted by Gasteiger charge is 2.51. The molecule has 30 heavy (non-hydrogen) atoms. The normalized spacial score (nSPS) is 26.4. The molecule has 2 heterocycles. The summed E-state index contributed by atoms with van der Waals surface area (Å²) < 4.78 is 27.6. The molecule has 2 aromatic carbocycles. The zero-order chi connectivity index (χ0) is 20.9. The second-order valence-corrected chi connectivity index (χ2v) is 6.94. The van der Waals surface area contributed by atoms with Crippen LogP contribution in [0.1, 0.15) is 20.7 Å². The van der Waals surface area contributed by atoms with Gasteiger partial charge in [0.2, 0.25) is 0 Å². The number of ether oxygens (including phenoxy) is 5. The topological polar surface area (TPSA) is 101 Å². The molecule has 2 aliphatic heterocycles. The first-order valence-corrected chi connectivity index (χ1v) is 9.68. The molecule has 0 bridgehead atoms. The van der Waals surface area contributed by atoms with Gasteiger partial charge >= 0.3 is 11.9 Å². The lowest BCUT2D eigenvalue weighted by atomic mass is 10.1. The van der Waals surface area contributed by atoms with Crippen LogP contribution in [-0.4, -0.2) is 67.6 Å². The van der Waals surface area contributed by atoms with E-state index in [9.17, 15) is 14.7 Å². The molecule has 1 N–H and O–H groups in total. The predicted octanol–water partition coefficient (Wildman–Crippen LogP) is 1.57. The van der Waals surface area contributed by atoms with Crippen LogP contribution in [0.5, 0.6) is 0 Å². The van der Waals surface area contributed by atoms with Crippen molar-refractivity contribution in [2.24, 2.45) is 0 Å². The molecule has 8 nitrogen and oxygen atoms in total. The number of hydrogen-bond donors (Lipinski definition) is 1. The molecule has 0 aromatic heterocycles. The van der Waals surface area contributed by atoms with Crippen LogP contribution in [0.4, 0.5) is 0 Å². The first-order chi connectivity index (χ1) is 14.6. The van der Waals surface area contributed by atoms with E-state index in [-0.39, 0.29) is 6.61 Å². The van der Waals surface area contributed by atoms with E-state index >= 15 is 0 Å². The molecule has 0 radical (unpaired) electrons. The fraction of sp³-hybridized carbons (Fsp3) is 0.364. The molecular weight excluding hydrogens is 392 g/mol. The van der Waals surface area contributed by atoms with Gasteiger partial charge in [-0.05, 0) is 24.3 Å². The summed E-state index contributed by atoms with van der Waals surface area (Å²) in [7, 11) is 0. The Bertz CT molecular complexity index is 850. The lowest BCUT2D eigenvalue weighted by molar-refractivity contribution is -0.161. The first-order valence-electron chi connectivity index (χ1n) is 9.68. The minimum Gasteiger partial charge on any atom is -0.459 e. The second kappa shape index (κ2) is 9.36. The van der Waals surface area contributed by atoms with E-state index < -0.39 is 42.6 Å². The Hall–Kier alpha value is -2.78. The van der Waals surface area contributed by atoms with Gasteiger partial charge in [0.1, 0.15) is 24.9 Å². The van der Waals surface area contributed by atoms with Crippen molar-refractivity contribution in [3.63, 3.8) is 0 Å². The second-order valence-electron chi connectivity index (χ2n) is 6.94. The molecule has 8 heteroatoms. The maximum absolute atomic E-state index is 12.5. The fourth-order valence-corrected chi connectivity index (χ4v) is 3.41. The number of aliphatic hydroxyl groups is 1. The van der Waals surface area contributed by atoms with Gasteiger partial charge in [0.05, 0.1) is 24.3 Å². The summed E-state index contributed by atoms with van der Waals surface area (Å²) in [6.07, 6.45) is -4.80. The van der Waals surface area contributed by atoms with Crippen LogP contribution >= 0.6 is 0 Å². The van der Waals surface area contributed by atoms with E-state index in [1.807, 2.05) is 0 Å². The standard InChI is InChI=1S/C22H22O8/c23-17-16(13-28-20(24)14-7-3-1-4-8-14)29-19(22-26-11-12-27-22)18(17)30-21(25)15-9-5-2-6-10-15/h1-10,16-19,22-23H,11-13H2/t16-,17-,18-,19-/m1/s1. The van der Waals surface area contributed by atoms with Crippen molar-refractivity contribution in [3.05, 3.63) is 71.8 Å². The molecule has 0 saturated carbocycles. The Labute approximate surface area is 173 Å². The molecule has 2 saturated heterocycles. The quantitative estimate of drug-likeness (QED) is 0.711. The highest BCUT2D eigenvalue weighted by Crippen LogP contribution is 2.30. The largest absolute Gasteiger partial charge is 0.459 e. The van der Waals surface area contributed by atoms with Crippen molar-refractivity contribution >= 4 is 11.9 Å². The third-order valence-electron chi connectivity index (χ3n) is 4.93. The highest BCUT2D eigenvalue weighted by atomic mass is 16.7. The van der Waals surface area contributed by atoms with E-state index in [1.54, 1.807) is 60.7 Å². The van der Waals surface area contributed by atoms with Crippen LogP contribution in [-0.2, 0) is 23.7 Å². The maximum atomic E-state index is 12.5. The molecular formula is C22H22O8. The van der Waals surface area contributed by atoms with Crippen molar-refractivity contribution in [3.8, 4) is 0 Å². The van der Waals surface area contributed by atoms with Gasteiger partial charge in [0.25, 0.3) is 0 Å². The first kappa shape index (κ1) is 20.5. The van der Waals surface area contributed by atoms with Crippen molar-refractivity contribution in [2.75, 3.05) is 19.8 Å². The predicted molar refractivity (Wildman–Crippen MR) is 103 cm³/mol. The van der Waals surface area contributed by atoms with Gasteiger partial charge < -0.3 is 28.8 Å². The summed E-state index contributed by atoms with van der Waals surface area (Å²) in [6, 6.07) is 16.9. The van der Waals surface area contributed by atoms with E-state index in [0.29, 0.717) is 24.3 Å². The zero-order valence-electron chi connectivity index (χ0n) is 16.1. The third-order valence-corrected chi connectivity index (χ3v) is 4.93. The maximum Gasteiger partial charge on any atom is 0.338 e. The molecule has 0 amide bonds. The Kier molecular flexibility index (Phi) is 6.39. The van der Waals surface area contributed by atoms with Gasteiger partial charge in [-0.1, -0.05) is 36.4 Å². The van der Waals surface area contributed by atoms with Crippen LogP contribution in [0.15, 0.2) is 60.7 Å². The average molecular weight is 414 g/mol. The molecule has 0 aliphatic carbocycles. The monoisotopic (exact) mass is 414 g/mol. The summed E-state index contributed by atoms with van der Waals surface area (Å²) >= 11 is 0. The number of carbonyl (C=O) groups excluding carboxylic acids is 2. The minimum absolute atomic E-state index is 0.211. The summed E-state index contributed by atoms with van der Waals surface area (Å²) in [5.74, 6) is -1.14. The molecule has 2 fully saturated rings. The van der Waals surface area contributed by atoms with E-state index in [4.69, 9.17) is 23.7 Å². The molecule has 2 aliphatic rings. The van der Waals surface area contributed by atoms with Crippen LogP contribution in [0.3, 0.4) is 0 Å². The zero-order valence-corrected chi connectivity index (χ0v) is 16.1. The summed E-state index contributed by atoms with van der Waals surface area (Å²) in [5.41, 5.74) is 0.728. The van der Waals surface area contributed by atoms with Gasteiger partial charge in [-0.25, -0.2) is 9.59 Å². The highest BCUT2D eigenvalue weighted by molar-refractivity contribution is 5.89. The van der Waals surface area contributed by atoms with Crippen LogP contribution in [0.2, 0.25) is 0 Å². The van der Waals surface area contributed by atoms with Gasteiger partial charge in [-0.15, -0.1) is 0 Å². The fourth-order valence-electron chi connectivity index (χ4n) is 3.41. The van der Waals surface area contributed by atoms with Crippen LogP contribution in [0.25, 0.3) is 0 Å². The van der Waals surface area contributed by atoms with E-state index in [2.05, 4.69) is 0 Å². The van der Waals surface area contributed by atoms with Gasteiger partial charge in [0, 0.05) is 0 Å². The van der Waals surface area contributed by atoms with Gasteiger partial charge in [-0.3, -0.25) is 0 Å². The molecule has 4 atom stereocenters. The molecule has 4 rings (SSSR count). The number of esters is 2. The van der Waals surface area contributed by atoms with Crippen molar-refractivity contribution in [2.45, 2.75) is 30.7 Å². The lowest BCUT2D eigenvalue weighted by Gasteiger charge is -2.24. The smallest absolute Gasteiger partial charge is 0.338 e. The third kappa shape index (κ3) is 4.52. The van der Waals surface area contributed by atoms with Gasteiger partial charge in [-0.2, -0.15) is 0 Å².